The van der Waals surface area contributed by atoms with Gasteiger partial charge in [0.1, 0.15) is 36.3 Å². The molecule has 4 rings (SSSR count). The number of aromatic nitrogens is 1. The molecule has 1 aliphatic rings. The fraction of sp³-hybridized carbons (Fsp3) is 0.469. The highest BCUT2D eigenvalue weighted by Crippen LogP contribution is 2.20. The van der Waals surface area contributed by atoms with Crippen molar-refractivity contribution in [1.29, 1.82) is 0 Å². The Morgan fingerprint density at radius 3 is 1.87 bits per heavy atom. The van der Waals surface area contributed by atoms with Crippen LogP contribution in [0.4, 0.5) is 0 Å². The van der Waals surface area contributed by atoms with Gasteiger partial charge in [0.25, 0.3) is 0 Å². The van der Waals surface area contributed by atoms with E-state index >= 15 is 0 Å². The smallest absolute Gasteiger partial charge is 0.243 e. The maximum Gasteiger partial charge on any atom is 0.243 e. The number of amides is 10. The molecule has 2 heterocycles. The Morgan fingerprint density at radius 1 is 0.671 bits per heavy atom. The number of nitrogens with one attached hydrogen (secondary N) is 9. The van der Waals surface area contributed by atoms with Crippen LogP contribution in [0.15, 0.2) is 70.8 Å². The van der Waals surface area contributed by atoms with Gasteiger partial charge in [0.15, 0.2) is 11.9 Å². The second-order valence-corrected chi connectivity index (χ2v) is 17.8. The molecule has 3 unspecified atom stereocenters. The van der Waals surface area contributed by atoms with Crippen LogP contribution in [0.1, 0.15) is 82.8 Å². The van der Waals surface area contributed by atoms with Crippen LogP contribution in [0, 0.1) is 0 Å². The van der Waals surface area contributed by atoms with Crippen LogP contribution < -0.4 is 76.9 Å². The summed E-state index contributed by atoms with van der Waals surface area (Å²) in [6.45, 7) is 3.33. The third-order valence-electron chi connectivity index (χ3n) is 11.5. The van der Waals surface area contributed by atoms with Gasteiger partial charge in [-0.25, -0.2) is 0 Å². The van der Waals surface area contributed by atoms with E-state index < -0.39 is 108 Å². The van der Waals surface area contributed by atoms with Crippen LogP contribution in [0.3, 0.4) is 0 Å². The summed E-state index contributed by atoms with van der Waals surface area (Å²) in [7, 11) is 0. The zero-order valence-corrected chi connectivity index (χ0v) is 42.8. The fourth-order valence-corrected chi connectivity index (χ4v) is 7.63. The van der Waals surface area contributed by atoms with Crippen LogP contribution in [0.25, 0.3) is 10.9 Å². The van der Waals surface area contributed by atoms with E-state index in [9.17, 15) is 47.9 Å². The summed E-state index contributed by atoms with van der Waals surface area (Å²) < 4.78 is 0. The van der Waals surface area contributed by atoms with Crippen LogP contribution >= 0.6 is 0 Å². The highest BCUT2D eigenvalue weighted by Gasteiger charge is 2.34. The van der Waals surface area contributed by atoms with Crippen molar-refractivity contribution in [2.24, 2.45) is 44.4 Å². The van der Waals surface area contributed by atoms with Gasteiger partial charge in [-0.1, -0.05) is 55.5 Å². The van der Waals surface area contributed by atoms with E-state index in [-0.39, 0.29) is 82.8 Å². The summed E-state index contributed by atoms with van der Waals surface area (Å²) in [5, 5.41) is 21.4. The molecule has 1 fully saturated rings. The van der Waals surface area contributed by atoms with E-state index in [1.807, 2.05) is 25.1 Å². The quantitative estimate of drug-likeness (QED) is 0.0350. The van der Waals surface area contributed by atoms with Crippen LogP contribution in [-0.2, 0) is 60.8 Å². The van der Waals surface area contributed by atoms with Gasteiger partial charge in [-0.2, -0.15) is 0 Å². The van der Waals surface area contributed by atoms with Crippen molar-refractivity contribution < 1.29 is 47.9 Å². The number of benzene rings is 2. The number of guanidine groups is 2. The van der Waals surface area contributed by atoms with Gasteiger partial charge in [-0.05, 0) is 62.1 Å². The second kappa shape index (κ2) is 32.4. The van der Waals surface area contributed by atoms with Crippen LogP contribution in [-0.4, -0.2) is 138 Å². The van der Waals surface area contributed by atoms with Crippen LogP contribution in [0.5, 0.6) is 0 Å². The molecule has 3 aromatic rings. The lowest BCUT2D eigenvalue weighted by molar-refractivity contribution is -0.135. The minimum Gasteiger partial charge on any atom is -0.370 e. The summed E-state index contributed by atoms with van der Waals surface area (Å²) in [6.07, 6.45) is 1.25. The predicted octanol–water partition coefficient (Wildman–Crippen LogP) is -3.84. The number of H-pyrrole nitrogens is 1. The molecular formula is C49H73N17O10. The first-order chi connectivity index (χ1) is 36.2. The molecular weight excluding hydrogens is 987 g/mol. The number of hydrogen-bond donors (Lipinski definition) is 15. The summed E-state index contributed by atoms with van der Waals surface area (Å²) in [5.74, 6) is -7.96. The van der Waals surface area contributed by atoms with Crippen molar-refractivity contribution in [3.05, 3.63) is 71.9 Å². The molecule has 1 aromatic heterocycles. The Labute approximate surface area is 439 Å². The summed E-state index contributed by atoms with van der Waals surface area (Å²) in [6, 6.07) is 7.36. The first-order valence-corrected chi connectivity index (χ1v) is 24.8. The van der Waals surface area contributed by atoms with E-state index in [4.69, 9.17) is 34.4 Å². The van der Waals surface area contributed by atoms with Crippen molar-refractivity contribution in [1.82, 2.24) is 47.5 Å². The molecule has 2 aromatic carbocycles. The van der Waals surface area contributed by atoms with Crippen molar-refractivity contribution in [3.63, 3.8) is 0 Å². The highest BCUT2D eigenvalue weighted by atomic mass is 16.2. The lowest BCUT2D eigenvalue weighted by Gasteiger charge is -2.27. The number of aromatic amines is 1. The summed E-state index contributed by atoms with van der Waals surface area (Å²) >= 11 is 0. The number of carbonyl (C=O) groups excluding carboxylic acids is 10. The predicted molar refractivity (Wildman–Crippen MR) is 282 cm³/mol. The van der Waals surface area contributed by atoms with E-state index in [2.05, 4.69) is 57.5 Å². The zero-order valence-electron chi connectivity index (χ0n) is 42.8. The van der Waals surface area contributed by atoms with Crippen LogP contribution in [0.2, 0.25) is 0 Å². The number of nitrogens with two attached hydrogens (primary N) is 6. The number of primary amides is 2. The van der Waals surface area contributed by atoms with Gasteiger partial charge in [-0.3, -0.25) is 57.9 Å². The molecule has 0 saturated carbocycles. The first-order valence-electron chi connectivity index (χ1n) is 24.8. The lowest BCUT2D eigenvalue weighted by Crippen LogP contribution is -2.60. The van der Waals surface area contributed by atoms with Crippen molar-refractivity contribution in [2.75, 3.05) is 26.2 Å². The first kappa shape index (κ1) is 61.5. The Kier molecular flexibility index (Phi) is 26.2. The van der Waals surface area contributed by atoms with Gasteiger partial charge in [0.05, 0.1) is 6.54 Å². The molecule has 0 spiro atoms. The van der Waals surface area contributed by atoms with Gasteiger partial charge in [0.2, 0.25) is 59.1 Å². The number of rotatable bonds is 17. The molecule has 76 heavy (non-hydrogen) atoms. The average molecular weight is 1060 g/mol. The number of hydrogen-bond acceptors (Lipinski definition) is 12. The fourth-order valence-electron chi connectivity index (χ4n) is 7.63. The molecule has 21 N–H and O–H groups in total. The highest BCUT2D eigenvalue weighted by molar-refractivity contribution is 5.98. The number of carbonyl (C=O) groups is 10. The van der Waals surface area contributed by atoms with E-state index in [0.29, 0.717) is 11.1 Å². The molecule has 1 saturated heterocycles. The van der Waals surface area contributed by atoms with Gasteiger partial charge < -0.3 is 81.9 Å². The Morgan fingerprint density at radius 2 is 1.25 bits per heavy atom. The topological polar surface area (TPSA) is 464 Å². The Hall–Kier alpha value is -8.78. The average Bonchev–Trinajstić information content (AvgIpc) is 3.78. The van der Waals surface area contributed by atoms with Gasteiger partial charge >= 0.3 is 0 Å². The van der Waals surface area contributed by atoms with E-state index in [0.717, 1.165) is 23.9 Å². The SMILES string of the molecule is CC(=O)NCC(=O)NC1CCCC(=O)NCCC(C(N)=O)NC(=O)[C@H](Cc2c[nH]c3ccccc23)NC(=O)[C@H](CCCN=C(N)N)NC(=O)C(Cc2ccccc2)NC(=O)[C@H](CCC(N)=O)NC1=O.CCCN=C(N)N. The summed E-state index contributed by atoms with van der Waals surface area (Å²) in [4.78, 5) is 144. The Bertz CT molecular complexity index is 2530. The Balaban J connectivity index is 0.00000202. The van der Waals surface area contributed by atoms with Gasteiger partial charge in [-0.15, -0.1) is 0 Å². The monoisotopic (exact) mass is 1060 g/mol. The minimum atomic E-state index is -1.52. The maximum absolute atomic E-state index is 14.5. The molecule has 0 bridgehead atoms. The van der Waals surface area contributed by atoms with Crippen molar-refractivity contribution >= 4 is 81.9 Å². The van der Waals surface area contributed by atoms with Gasteiger partial charge in [0, 0.05) is 69.3 Å². The number of fused-ring (bicyclic) bond motifs is 1. The number of aliphatic imine (C=N–C) groups is 2. The normalized spacial score (nSPS) is 20.2. The molecule has 27 heteroatoms. The summed E-state index contributed by atoms with van der Waals surface area (Å²) in [5.41, 5.74) is 34.2. The third-order valence-corrected chi connectivity index (χ3v) is 11.5. The zero-order chi connectivity index (χ0) is 56.2. The minimum absolute atomic E-state index is 0.000128. The van der Waals surface area contributed by atoms with Crippen molar-refractivity contribution in [3.8, 4) is 0 Å². The third kappa shape index (κ3) is 23.0. The molecule has 414 valence electrons. The van der Waals surface area contributed by atoms with Crippen molar-refractivity contribution in [2.45, 2.75) is 121 Å². The molecule has 1 aliphatic heterocycles. The largest absolute Gasteiger partial charge is 0.370 e. The van der Waals surface area contributed by atoms with E-state index in [1.54, 1.807) is 42.6 Å². The second-order valence-electron chi connectivity index (χ2n) is 17.8. The number of para-hydroxylation sites is 1. The molecule has 6 atom stereocenters. The number of nitrogens with zero attached hydrogens (tertiary/aromatic N) is 2. The maximum atomic E-state index is 14.5. The molecule has 10 amide bonds. The molecule has 27 nitrogen and oxygen atoms in total. The standard InChI is InChI=1S/C45H62N14O10.C4H11N3/c1-25(60)52-24-38(63)54-31-13-7-15-37(62)50-20-18-30(39(47)64)55-44(69)35(22-27-23-53-29-12-6-5-11-28(27)29)59-41(66)32(14-8-19-51-45(48)49)56-43(68)34(21-26-9-3-2-4-10-26)58-42(67)33(57-40(31)65)16-17-36(46)61;1-2-3-7-4(5)6/h2-6,9-12,23,30-35,53H,7-8,13-22,24H2,1H3,(H2,46,61)(H2,47,64)(H,50,62)(H,52,60)(H,54,63)(H,55,69)(H,56,68)(H,57,65)(H,58,67)(H,59,66)(H4,48,49,51);2-3H2,1H3,(H4,5,6,7)/t30?,31?,32-,33-,34?,35-;/m0./s1. The molecule has 0 aliphatic carbocycles. The lowest BCUT2D eigenvalue weighted by atomic mass is 10.0. The molecule has 0 radical (unpaired) electrons. The van der Waals surface area contributed by atoms with E-state index in [1.165, 1.54) is 6.92 Å².